The fourth-order valence-corrected chi connectivity index (χ4v) is 1.72. The first-order valence-corrected chi connectivity index (χ1v) is 6.33. The molecule has 1 atom stereocenters. The molecular formula is C14H24N2O. The normalized spacial score (nSPS) is 12.4. The van der Waals surface area contributed by atoms with Crippen molar-refractivity contribution in [1.82, 2.24) is 5.32 Å². The van der Waals surface area contributed by atoms with Gasteiger partial charge in [0.15, 0.2) is 0 Å². The molecule has 96 valence electrons. The average molecular weight is 236 g/mol. The van der Waals surface area contributed by atoms with Gasteiger partial charge in [-0.25, -0.2) is 0 Å². The van der Waals surface area contributed by atoms with Crippen LogP contribution in [0.1, 0.15) is 32.3 Å². The van der Waals surface area contributed by atoms with Gasteiger partial charge in [-0.3, -0.25) is 0 Å². The van der Waals surface area contributed by atoms with Crippen molar-refractivity contribution < 1.29 is 4.74 Å². The van der Waals surface area contributed by atoms with E-state index < -0.39 is 0 Å². The zero-order valence-electron chi connectivity index (χ0n) is 11.1. The molecule has 0 amide bonds. The summed E-state index contributed by atoms with van der Waals surface area (Å²) in [5, 5.41) is 3.48. The summed E-state index contributed by atoms with van der Waals surface area (Å²) in [6.07, 6.45) is 3.36. The van der Waals surface area contributed by atoms with Crippen molar-refractivity contribution in [2.75, 3.05) is 19.4 Å². The Bertz CT molecular complexity index is 339. The molecule has 3 nitrogen and oxygen atoms in total. The van der Waals surface area contributed by atoms with Gasteiger partial charge in [0, 0.05) is 6.04 Å². The summed E-state index contributed by atoms with van der Waals surface area (Å²) in [6.45, 7) is 5.47. The van der Waals surface area contributed by atoms with Crippen molar-refractivity contribution in [1.29, 1.82) is 0 Å². The topological polar surface area (TPSA) is 47.3 Å². The molecule has 3 N–H and O–H groups in total. The molecular weight excluding hydrogens is 212 g/mol. The molecule has 0 heterocycles. The average Bonchev–Trinajstić information content (AvgIpc) is 2.34. The molecule has 0 radical (unpaired) electrons. The Labute approximate surface area is 104 Å². The maximum absolute atomic E-state index is 5.87. The van der Waals surface area contributed by atoms with Gasteiger partial charge in [0.2, 0.25) is 0 Å². The largest absolute Gasteiger partial charge is 0.495 e. The van der Waals surface area contributed by atoms with Gasteiger partial charge in [0.1, 0.15) is 5.75 Å². The molecule has 0 spiro atoms. The Morgan fingerprint density at radius 2 is 2.18 bits per heavy atom. The minimum Gasteiger partial charge on any atom is -0.495 e. The van der Waals surface area contributed by atoms with Gasteiger partial charge in [0.05, 0.1) is 12.8 Å². The zero-order valence-corrected chi connectivity index (χ0v) is 11.1. The number of nitrogens with one attached hydrogen (secondary N) is 1. The fourth-order valence-electron chi connectivity index (χ4n) is 1.72. The summed E-state index contributed by atoms with van der Waals surface area (Å²) in [7, 11) is 1.64. The summed E-state index contributed by atoms with van der Waals surface area (Å²) in [6, 6.07) is 6.63. The molecule has 0 aromatic heterocycles. The minimum absolute atomic E-state index is 0.607. The predicted molar refractivity (Wildman–Crippen MR) is 73.5 cm³/mol. The van der Waals surface area contributed by atoms with E-state index in [9.17, 15) is 0 Å². The number of nitrogens with two attached hydrogens (primary N) is 1. The molecule has 0 aliphatic heterocycles. The second-order valence-corrected chi connectivity index (χ2v) is 4.44. The number of aryl methyl sites for hydroxylation is 1. The first kappa shape index (κ1) is 13.8. The van der Waals surface area contributed by atoms with Crippen LogP contribution in [0.3, 0.4) is 0 Å². The van der Waals surface area contributed by atoms with Crippen LogP contribution in [0.15, 0.2) is 18.2 Å². The molecule has 17 heavy (non-hydrogen) atoms. The minimum atomic E-state index is 0.607. The third-order valence-corrected chi connectivity index (χ3v) is 3.04. The standard InChI is InChI=1S/C14H24N2O/c1-4-11(2)16-9-5-6-12-7-8-14(17-3)13(15)10-12/h7-8,10-11,16H,4-6,9,15H2,1-3H3. The molecule has 0 fully saturated rings. The van der Waals surface area contributed by atoms with Crippen molar-refractivity contribution in [2.24, 2.45) is 0 Å². The Kier molecular flexibility index (Phi) is 5.84. The molecule has 0 aliphatic rings. The van der Waals surface area contributed by atoms with E-state index in [2.05, 4.69) is 25.2 Å². The summed E-state index contributed by atoms with van der Waals surface area (Å²) in [5.41, 5.74) is 7.86. The molecule has 3 heteroatoms. The lowest BCUT2D eigenvalue weighted by Crippen LogP contribution is -2.26. The van der Waals surface area contributed by atoms with Crippen molar-refractivity contribution in [2.45, 2.75) is 39.2 Å². The second-order valence-electron chi connectivity index (χ2n) is 4.44. The van der Waals surface area contributed by atoms with Crippen LogP contribution in [0.2, 0.25) is 0 Å². The Hall–Kier alpha value is -1.22. The lowest BCUT2D eigenvalue weighted by Gasteiger charge is -2.11. The Balaban J connectivity index is 2.34. The molecule has 1 aromatic carbocycles. The van der Waals surface area contributed by atoms with E-state index in [0.29, 0.717) is 6.04 Å². The molecule has 0 saturated heterocycles. The third kappa shape index (κ3) is 4.65. The fraction of sp³-hybridized carbons (Fsp3) is 0.571. The number of rotatable bonds is 7. The summed E-state index contributed by atoms with van der Waals surface area (Å²) in [4.78, 5) is 0. The van der Waals surface area contributed by atoms with Gasteiger partial charge >= 0.3 is 0 Å². The maximum Gasteiger partial charge on any atom is 0.141 e. The molecule has 1 rings (SSSR count). The SMILES string of the molecule is CCC(C)NCCCc1ccc(OC)c(N)c1. The van der Waals surface area contributed by atoms with Crippen LogP contribution in [-0.2, 0) is 6.42 Å². The number of ether oxygens (including phenoxy) is 1. The van der Waals surface area contributed by atoms with Crippen LogP contribution in [0.5, 0.6) is 5.75 Å². The van der Waals surface area contributed by atoms with Gasteiger partial charge in [-0.15, -0.1) is 0 Å². The van der Waals surface area contributed by atoms with E-state index >= 15 is 0 Å². The third-order valence-electron chi connectivity index (χ3n) is 3.04. The van der Waals surface area contributed by atoms with Crippen molar-refractivity contribution >= 4 is 5.69 Å². The van der Waals surface area contributed by atoms with Gasteiger partial charge in [-0.2, -0.15) is 0 Å². The molecule has 1 aromatic rings. The number of anilines is 1. The molecule has 0 aliphatic carbocycles. The summed E-state index contributed by atoms with van der Waals surface area (Å²) < 4.78 is 5.13. The highest BCUT2D eigenvalue weighted by Crippen LogP contribution is 2.22. The van der Waals surface area contributed by atoms with Crippen LogP contribution in [0, 0.1) is 0 Å². The molecule has 0 saturated carbocycles. The van der Waals surface area contributed by atoms with E-state index in [1.807, 2.05) is 12.1 Å². The van der Waals surface area contributed by atoms with E-state index in [0.717, 1.165) is 30.8 Å². The number of hydrogen-bond acceptors (Lipinski definition) is 3. The van der Waals surface area contributed by atoms with Crippen LogP contribution < -0.4 is 15.8 Å². The highest BCUT2D eigenvalue weighted by molar-refractivity contribution is 5.54. The van der Waals surface area contributed by atoms with Crippen molar-refractivity contribution in [3.05, 3.63) is 23.8 Å². The first-order valence-electron chi connectivity index (χ1n) is 6.33. The maximum atomic E-state index is 5.87. The Morgan fingerprint density at radius 3 is 2.76 bits per heavy atom. The quantitative estimate of drug-likeness (QED) is 0.565. The van der Waals surface area contributed by atoms with Crippen molar-refractivity contribution in [3.63, 3.8) is 0 Å². The monoisotopic (exact) mass is 236 g/mol. The van der Waals surface area contributed by atoms with Gasteiger partial charge in [0.25, 0.3) is 0 Å². The second kappa shape index (κ2) is 7.17. The van der Waals surface area contributed by atoms with Crippen LogP contribution >= 0.6 is 0 Å². The lowest BCUT2D eigenvalue weighted by molar-refractivity contribution is 0.417. The van der Waals surface area contributed by atoms with Gasteiger partial charge in [-0.05, 0) is 50.4 Å². The number of methoxy groups -OCH3 is 1. The summed E-state index contributed by atoms with van der Waals surface area (Å²) >= 11 is 0. The van der Waals surface area contributed by atoms with Gasteiger partial charge in [-0.1, -0.05) is 13.0 Å². The zero-order chi connectivity index (χ0) is 12.7. The van der Waals surface area contributed by atoms with E-state index in [1.165, 1.54) is 12.0 Å². The van der Waals surface area contributed by atoms with E-state index in [-0.39, 0.29) is 0 Å². The number of nitrogen functional groups attached to an aromatic ring is 1. The Morgan fingerprint density at radius 1 is 1.41 bits per heavy atom. The van der Waals surface area contributed by atoms with Crippen LogP contribution in [-0.4, -0.2) is 19.7 Å². The van der Waals surface area contributed by atoms with Crippen LogP contribution in [0.4, 0.5) is 5.69 Å². The molecule has 1 unspecified atom stereocenters. The number of benzene rings is 1. The summed E-state index contributed by atoms with van der Waals surface area (Å²) in [5.74, 6) is 0.756. The highest BCUT2D eigenvalue weighted by atomic mass is 16.5. The van der Waals surface area contributed by atoms with Gasteiger partial charge < -0.3 is 15.8 Å². The number of hydrogen-bond donors (Lipinski definition) is 2. The first-order chi connectivity index (χ1) is 8.17. The predicted octanol–water partition coefficient (Wildman–Crippen LogP) is 2.60. The van der Waals surface area contributed by atoms with Crippen molar-refractivity contribution in [3.8, 4) is 5.75 Å². The van der Waals surface area contributed by atoms with E-state index in [4.69, 9.17) is 10.5 Å². The highest BCUT2D eigenvalue weighted by Gasteiger charge is 2.01. The molecule has 0 bridgehead atoms. The smallest absolute Gasteiger partial charge is 0.141 e. The van der Waals surface area contributed by atoms with E-state index in [1.54, 1.807) is 7.11 Å². The van der Waals surface area contributed by atoms with Crippen LogP contribution in [0.25, 0.3) is 0 Å². The lowest BCUT2D eigenvalue weighted by atomic mass is 10.1.